The third-order valence-corrected chi connectivity index (χ3v) is 9.69. The van der Waals surface area contributed by atoms with Gasteiger partial charge < -0.3 is 29.9 Å². The third kappa shape index (κ3) is 2.14. The van der Waals surface area contributed by atoms with E-state index in [0.717, 1.165) is 0 Å². The predicted octanol–water partition coefficient (Wildman–Crippen LogP) is 0.755. The fraction of sp³-hybridized carbons (Fsp3) is 0.955. The second-order valence-electron chi connectivity index (χ2n) is 11.5. The van der Waals surface area contributed by atoms with Gasteiger partial charge in [-0.1, -0.05) is 13.8 Å². The highest BCUT2D eigenvalue weighted by molar-refractivity contribution is 5.66. The van der Waals surface area contributed by atoms with Crippen LogP contribution in [0.15, 0.2) is 0 Å². The highest BCUT2D eigenvalue weighted by atomic mass is 16.6. The molecule has 1 spiro atoms. The minimum atomic E-state index is -1.49. The summed E-state index contributed by atoms with van der Waals surface area (Å²) < 4.78 is 11.6. The van der Waals surface area contributed by atoms with E-state index in [1.165, 1.54) is 6.92 Å². The van der Waals surface area contributed by atoms with Crippen LogP contribution in [-0.2, 0) is 14.3 Å². The molecule has 2 bridgehead atoms. The Balaban J connectivity index is 1.71. The van der Waals surface area contributed by atoms with E-state index in [9.17, 15) is 25.2 Å². The molecule has 0 aromatic rings. The monoisotopic (exact) mass is 410 g/mol. The fourth-order valence-electron chi connectivity index (χ4n) is 8.56. The standard InChI is InChI=1S/C22H34O7/c1-10(23)28-13-8-21-9-19(4,25)11(16(21)24)6-7-12(21)20(5,26)15-14-17(29-14)18(2,3)22(13,15)27/h11-17,24-27H,6-9H2,1-5H3/t11-,12+,13+,14-,15-,16-,17-,19-,20-,21+,22+/m0/s1. The maximum absolute atomic E-state index is 12.2. The zero-order valence-electron chi connectivity index (χ0n) is 17.9. The van der Waals surface area contributed by atoms with Crippen molar-refractivity contribution in [3.05, 3.63) is 0 Å². The summed E-state index contributed by atoms with van der Waals surface area (Å²) in [6.45, 7) is 8.62. The number of epoxide rings is 1. The molecule has 7 heteroatoms. The average molecular weight is 411 g/mol. The SMILES string of the molecule is CC(=O)O[C@@H]1C[C@@]23C[C@](C)(O)[C@@H](CC[C@@H]2[C@](C)(O)[C@@H]2[C@@H]4O[C@@H]4C(C)(C)[C@@]12O)[C@@H]3O. The zero-order chi connectivity index (χ0) is 21.4. The van der Waals surface area contributed by atoms with Crippen molar-refractivity contribution in [3.8, 4) is 0 Å². The molecule has 11 atom stereocenters. The first kappa shape index (κ1) is 20.2. The molecule has 7 nitrogen and oxygen atoms in total. The van der Waals surface area contributed by atoms with Crippen molar-refractivity contribution in [2.75, 3.05) is 0 Å². The van der Waals surface area contributed by atoms with Gasteiger partial charge in [0.25, 0.3) is 0 Å². The number of rotatable bonds is 1. The average Bonchev–Trinajstić information content (AvgIpc) is 3.29. The first-order valence-corrected chi connectivity index (χ1v) is 10.9. The molecule has 5 aliphatic rings. The highest BCUT2D eigenvalue weighted by Crippen LogP contribution is 2.73. The van der Waals surface area contributed by atoms with Gasteiger partial charge in [-0.15, -0.1) is 0 Å². The van der Waals surface area contributed by atoms with Crippen LogP contribution in [0.5, 0.6) is 0 Å². The Kier molecular flexibility index (Phi) is 3.73. The minimum Gasteiger partial charge on any atom is -0.459 e. The van der Waals surface area contributed by atoms with E-state index in [4.69, 9.17) is 9.47 Å². The maximum Gasteiger partial charge on any atom is 0.303 e. The van der Waals surface area contributed by atoms with Crippen LogP contribution < -0.4 is 0 Å². The summed E-state index contributed by atoms with van der Waals surface area (Å²) in [7, 11) is 0. The molecule has 5 fully saturated rings. The van der Waals surface area contributed by atoms with Crippen LogP contribution in [0.3, 0.4) is 0 Å². The zero-order valence-corrected chi connectivity index (χ0v) is 17.9. The van der Waals surface area contributed by atoms with E-state index in [0.29, 0.717) is 19.3 Å². The first-order chi connectivity index (χ1) is 13.2. The molecule has 4 aliphatic carbocycles. The topological polar surface area (TPSA) is 120 Å². The lowest BCUT2D eigenvalue weighted by Gasteiger charge is -2.51. The van der Waals surface area contributed by atoms with Crippen molar-refractivity contribution in [1.82, 2.24) is 0 Å². The summed E-state index contributed by atoms with van der Waals surface area (Å²) in [5, 5.41) is 46.6. The van der Waals surface area contributed by atoms with Crippen LogP contribution in [0, 0.1) is 28.6 Å². The molecule has 4 saturated carbocycles. The van der Waals surface area contributed by atoms with E-state index in [1.807, 2.05) is 13.8 Å². The Hall–Kier alpha value is -0.730. The summed E-state index contributed by atoms with van der Waals surface area (Å²) >= 11 is 0. The fourth-order valence-corrected chi connectivity index (χ4v) is 8.56. The molecule has 0 radical (unpaired) electrons. The lowest BCUT2D eigenvalue weighted by atomic mass is 9.57. The Morgan fingerprint density at radius 2 is 1.76 bits per heavy atom. The maximum atomic E-state index is 12.2. The van der Waals surface area contributed by atoms with Crippen LogP contribution in [0.4, 0.5) is 0 Å². The second kappa shape index (κ2) is 5.36. The van der Waals surface area contributed by atoms with Crippen molar-refractivity contribution in [2.24, 2.45) is 28.6 Å². The van der Waals surface area contributed by atoms with Gasteiger partial charge in [-0.25, -0.2) is 0 Å². The van der Waals surface area contributed by atoms with Crippen molar-refractivity contribution >= 4 is 5.97 Å². The molecular formula is C22H34O7. The van der Waals surface area contributed by atoms with Crippen LogP contribution >= 0.6 is 0 Å². The van der Waals surface area contributed by atoms with Gasteiger partial charge in [-0.2, -0.15) is 0 Å². The van der Waals surface area contributed by atoms with E-state index in [-0.39, 0.29) is 30.5 Å². The van der Waals surface area contributed by atoms with Gasteiger partial charge in [-0.3, -0.25) is 4.79 Å². The van der Waals surface area contributed by atoms with Crippen molar-refractivity contribution in [3.63, 3.8) is 0 Å². The van der Waals surface area contributed by atoms with Crippen LogP contribution in [-0.4, -0.2) is 67.6 Å². The van der Waals surface area contributed by atoms with Gasteiger partial charge >= 0.3 is 5.97 Å². The van der Waals surface area contributed by atoms with Crippen molar-refractivity contribution in [1.29, 1.82) is 0 Å². The van der Waals surface area contributed by atoms with Crippen LogP contribution in [0.2, 0.25) is 0 Å². The molecule has 0 aromatic carbocycles. The smallest absolute Gasteiger partial charge is 0.303 e. The number of hydrogen-bond donors (Lipinski definition) is 4. The number of carbonyl (C=O) groups excluding carboxylic acids is 1. The molecule has 0 aromatic heterocycles. The van der Waals surface area contributed by atoms with E-state index >= 15 is 0 Å². The second-order valence-corrected chi connectivity index (χ2v) is 11.5. The van der Waals surface area contributed by atoms with Gasteiger partial charge in [-0.05, 0) is 45.4 Å². The molecule has 0 unspecified atom stereocenters. The summed E-state index contributed by atoms with van der Waals surface area (Å²) in [5.74, 6) is -1.78. The number of carbonyl (C=O) groups is 1. The predicted molar refractivity (Wildman–Crippen MR) is 102 cm³/mol. The number of ether oxygens (including phenoxy) is 2. The highest BCUT2D eigenvalue weighted by Gasteiger charge is 2.83. The van der Waals surface area contributed by atoms with E-state index in [1.54, 1.807) is 13.8 Å². The quantitative estimate of drug-likeness (QED) is 0.372. The number of aliphatic hydroxyl groups is 4. The van der Waals surface area contributed by atoms with Crippen molar-refractivity contribution in [2.45, 2.75) is 102 Å². The van der Waals surface area contributed by atoms with Gasteiger partial charge in [0, 0.05) is 29.6 Å². The molecule has 29 heavy (non-hydrogen) atoms. The normalized spacial score (nSPS) is 61.9. The van der Waals surface area contributed by atoms with Crippen LogP contribution in [0.25, 0.3) is 0 Å². The molecule has 1 aliphatic heterocycles. The third-order valence-electron chi connectivity index (χ3n) is 9.69. The molecule has 164 valence electrons. The number of esters is 1. The summed E-state index contributed by atoms with van der Waals surface area (Å²) in [6.07, 6.45) is -0.461. The Morgan fingerprint density at radius 3 is 2.38 bits per heavy atom. The number of hydrogen-bond acceptors (Lipinski definition) is 7. The first-order valence-electron chi connectivity index (χ1n) is 10.9. The van der Waals surface area contributed by atoms with Gasteiger partial charge in [0.1, 0.15) is 11.7 Å². The Morgan fingerprint density at radius 1 is 1.10 bits per heavy atom. The van der Waals surface area contributed by atoms with E-state index < -0.39 is 51.7 Å². The Labute approximate surface area is 171 Å². The van der Waals surface area contributed by atoms with Gasteiger partial charge in [0.15, 0.2) is 0 Å². The number of aliphatic hydroxyl groups excluding tert-OH is 1. The minimum absolute atomic E-state index is 0.205. The molecule has 5 rings (SSSR count). The molecule has 1 saturated heterocycles. The molecule has 1 heterocycles. The lowest BCUT2D eigenvalue weighted by molar-refractivity contribution is -0.230. The largest absolute Gasteiger partial charge is 0.459 e. The molecule has 4 N–H and O–H groups in total. The van der Waals surface area contributed by atoms with Crippen molar-refractivity contribution < 1.29 is 34.7 Å². The lowest BCUT2D eigenvalue weighted by Crippen LogP contribution is -2.63. The molecular weight excluding hydrogens is 376 g/mol. The summed E-state index contributed by atoms with van der Waals surface area (Å²) in [6, 6.07) is 0. The Bertz CT molecular complexity index is 760. The van der Waals surface area contributed by atoms with E-state index in [2.05, 4.69) is 0 Å². The van der Waals surface area contributed by atoms with Crippen LogP contribution in [0.1, 0.15) is 60.3 Å². The molecule has 0 amide bonds. The van der Waals surface area contributed by atoms with Gasteiger partial charge in [0.2, 0.25) is 0 Å². The van der Waals surface area contributed by atoms with Gasteiger partial charge in [0.05, 0.1) is 29.5 Å². The summed E-state index contributed by atoms with van der Waals surface area (Å²) in [5.41, 5.74) is -5.48. The summed E-state index contributed by atoms with van der Waals surface area (Å²) in [4.78, 5) is 12.1. The number of fused-ring (bicyclic) bond motifs is 4.